The highest BCUT2D eigenvalue weighted by atomic mass is 32.1. The van der Waals surface area contributed by atoms with Crippen molar-refractivity contribution >= 4 is 23.0 Å². The molecule has 0 fully saturated rings. The van der Waals surface area contributed by atoms with E-state index >= 15 is 0 Å². The Balaban J connectivity index is 1.63. The molecule has 0 radical (unpaired) electrons. The molecule has 10 heteroatoms. The van der Waals surface area contributed by atoms with Gasteiger partial charge in [-0.25, -0.2) is 9.97 Å². The van der Waals surface area contributed by atoms with E-state index in [1.54, 1.807) is 12.1 Å². The van der Waals surface area contributed by atoms with E-state index in [4.69, 9.17) is 10.2 Å². The Morgan fingerprint density at radius 1 is 1.21 bits per heavy atom. The first-order chi connectivity index (χ1) is 13.5. The van der Waals surface area contributed by atoms with Gasteiger partial charge < -0.3 is 10.2 Å². The molecule has 28 heavy (non-hydrogen) atoms. The van der Waals surface area contributed by atoms with Crippen molar-refractivity contribution in [3.63, 3.8) is 0 Å². The molecule has 4 aromatic rings. The predicted molar refractivity (Wildman–Crippen MR) is 101 cm³/mol. The van der Waals surface area contributed by atoms with Gasteiger partial charge in [-0.15, -0.1) is 16.4 Å². The molecule has 2 N–H and O–H groups in total. The maximum absolute atomic E-state index is 11.8. The van der Waals surface area contributed by atoms with Crippen molar-refractivity contribution in [3.05, 3.63) is 58.3 Å². The Morgan fingerprint density at radius 2 is 2.00 bits per heavy atom. The summed E-state index contributed by atoms with van der Waals surface area (Å²) in [6, 6.07) is 9.08. The molecule has 0 bridgehead atoms. The van der Waals surface area contributed by atoms with Crippen LogP contribution in [0.1, 0.15) is 32.1 Å². The predicted octanol–water partition coefficient (Wildman–Crippen LogP) is 2.41. The summed E-state index contributed by atoms with van der Waals surface area (Å²) in [6.45, 7) is 1.79. The highest BCUT2D eigenvalue weighted by Crippen LogP contribution is 2.28. The average molecular weight is 394 g/mol. The summed E-state index contributed by atoms with van der Waals surface area (Å²) in [5, 5.41) is 9.18. The van der Waals surface area contributed by atoms with Gasteiger partial charge in [-0.05, 0) is 0 Å². The molecule has 0 unspecified atom stereocenters. The van der Waals surface area contributed by atoms with Crippen LogP contribution in [0.2, 0.25) is 0 Å². The van der Waals surface area contributed by atoms with E-state index in [-0.39, 0.29) is 23.1 Å². The molecule has 1 amide bonds. The number of benzene rings is 1. The van der Waals surface area contributed by atoms with Crippen LogP contribution in [-0.4, -0.2) is 36.7 Å². The second-order valence-electron chi connectivity index (χ2n) is 5.86. The Kier molecular flexibility index (Phi) is 4.53. The Hall–Kier alpha value is -3.66. The van der Waals surface area contributed by atoms with Gasteiger partial charge in [0, 0.05) is 18.7 Å². The Labute approximate surface area is 162 Å². The van der Waals surface area contributed by atoms with E-state index < -0.39 is 5.91 Å². The molecule has 0 saturated heterocycles. The molecule has 0 aliphatic carbocycles. The third-order valence-electron chi connectivity index (χ3n) is 3.83. The van der Waals surface area contributed by atoms with Gasteiger partial charge in [-0.2, -0.15) is 9.90 Å². The quantitative estimate of drug-likeness (QED) is 0.497. The van der Waals surface area contributed by atoms with E-state index in [2.05, 4.69) is 20.2 Å². The van der Waals surface area contributed by atoms with Crippen LogP contribution in [0.3, 0.4) is 0 Å². The first-order valence-electron chi connectivity index (χ1n) is 8.23. The fraction of sp³-hybridized carbons (Fsp3) is 0.111. The number of thiazole rings is 1. The van der Waals surface area contributed by atoms with E-state index in [0.29, 0.717) is 27.7 Å². The summed E-state index contributed by atoms with van der Waals surface area (Å²) in [6.07, 6.45) is 3.01. The monoisotopic (exact) mass is 394 g/mol. The number of nitrogens with two attached hydrogens (primary N) is 1. The van der Waals surface area contributed by atoms with Crippen LogP contribution < -0.4 is 5.73 Å². The van der Waals surface area contributed by atoms with Crippen molar-refractivity contribution in [2.75, 3.05) is 0 Å². The summed E-state index contributed by atoms with van der Waals surface area (Å²) in [5.74, 6) is -0.308. The molecule has 3 aromatic heterocycles. The van der Waals surface area contributed by atoms with Crippen LogP contribution in [0.25, 0.3) is 22.9 Å². The highest BCUT2D eigenvalue weighted by molar-refractivity contribution is 7.13. The lowest BCUT2D eigenvalue weighted by Gasteiger charge is -1.96. The minimum absolute atomic E-state index is 0.0294. The van der Waals surface area contributed by atoms with Crippen LogP contribution in [0.15, 0.2) is 47.1 Å². The van der Waals surface area contributed by atoms with Crippen LogP contribution in [0.4, 0.5) is 0 Å². The number of carbonyl (C=O) groups excluding carboxylic acids is 2. The number of primary amides is 1. The second kappa shape index (κ2) is 7.16. The molecular formula is C18H14N6O3S. The lowest BCUT2D eigenvalue weighted by molar-refractivity contribution is 0.0993. The molecule has 9 nitrogen and oxygen atoms in total. The normalized spacial score (nSPS) is 10.9. The van der Waals surface area contributed by atoms with Crippen molar-refractivity contribution in [1.29, 1.82) is 0 Å². The number of ketones is 1. The Bertz CT molecular complexity index is 1160. The third-order valence-corrected chi connectivity index (χ3v) is 4.91. The van der Waals surface area contributed by atoms with Gasteiger partial charge >= 0.3 is 0 Å². The average Bonchev–Trinajstić information content (AvgIpc) is 3.42. The van der Waals surface area contributed by atoms with Gasteiger partial charge in [-0.1, -0.05) is 30.3 Å². The van der Waals surface area contributed by atoms with Gasteiger partial charge in [0.1, 0.15) is 11.6 Å². The summed E-state index contributed by atoms with van der Waals surface area (Å²) in [4.78, 5) is 33.5. The molecule has 1 aromatic carbocycles. The number of aromatic nitrogens is 5. The molecule has 0 atom stereocenters. The standard InChI is InChI=1S/C18H14N6O3S/c1-10(25)13-8-20-14(28-13)9-24-21-7-12(23-24)18-22-15(17(19)26)16(27-18)11-5-3-2-4-6-11/h2-8H,9H2,1H3,(H2,19,26). The van der Waals surface area contributed by atoms with Crippen LogP contribution in [0, 0.1) is 0 Å². The highest BCUT2D eigenvalue weighted by Gasteiger charge is 2.22. The molecule has 0 spiro atoms. The van der Waals surface area contributed by atoms with Gasteiger partial charge in [0.15, 0.2) is 22.9 Å². The number of amides is 1. The zero-order valence-electron chi connectivity index (χ0n) is 14.7. The van der Waals surface area contributed by atoms with Crippen molar-refractivity contribution in [2.24, 2.45) is 5.73 Å². The summed E-state index contributed by atoms with van der Waals surface area (Å²) in [5.41, 5.74) is 6.51. The zero-order chi connectivity index (χ0) is 19.7. The van der Waals surface area contributed by atoms with E-state index in [1.807, 2.05) is 18.2 Å². The molecule has 0 aliphatic heterocycles. The smallest absolute Gasteiger partial charge is 0.271 e. The van der Waals surface area contributed by atoms with E-state index in [9.17, 15) is 9.59 Å². The minimum Gasteiger partial charge on any atom is -0.434 e. The first-order valence-corrected chi connectivity index (χ1v) is 9.05. The summed E-state index contributed by atoms with van der Waals surface area (Å²) >= 11 is 1.29. The van der Waals surface area contributed by atoms with Crippen molar-refractivity contribution in [1.82, 2.24) is 25.0 Å². The SMILES string of the molecule is CC(=O)c1cnc(Cn2ncc(-c3nc(C(N)=O)c(-c4ccccc4)o3)n2)s1. The molecule has 0 saturated carbocycles. The van der Waals surface area contributed by atoms with Crippen molar-refractivity contribution in [2.45, 2.75) is 13.5 Å². The first kappa shape index (κ1) is 17.7. The Morgan fingerprint density at radius 3 is 2.68 bits per heavy atom. The number of rotatable bonds is 6. The van der Waals surface area contributed by atoms with Crippen molar-refractivity contribution < 1.29 is 14.0 Å². The van der Waals surface area contributed by atoms with Crippen LogP contribution >= 0.6 is 11.3 Å². The zero-order valence-corrected chi connectivity index (χ0v) is 15.5. The summed E-state index contributed by atoms with van der Waals surface area (Å²) in [7, 11) is 0. The number of oxazole rings is 1. The fourth-order valence-electron chi connectivity index (χ4n) is 2.52. The molecule has 0 aliphatic rings. The van der Waals surface area contributed by atoms with Gasteiger partial charge in [0.2, 0.25) is 5.89 Å². The topological polar surface area (TPSA) is 130 Å². The number of nitrogens with zero attached hydrogens (tertiary/aromatic N) is 5. The van der Waals surface area contributed by atoms with E-state index in [1.165, 1.54) is 35.5 Å². The maximum Gasteiger partial charge on any atom is 0.271 e. The lowest BCUT2D eigenvalue weighted by Crippen LogP contribution is -2.12. The number of hydrogen-bond acceptors (Lipinski definition) is 8. The molecule has 4 rings (SSSR count). The second-order valence-corrected chi connectivity index (χ2v) is 6.98. The molecule has 3 heterocycles. The number of Topliss-reactive ketones (excluding diaryl/α,β-unsaturated/α-hetero) is 1. The van der Waals surface area contributed by atoms with Gasteiger partial charge in [0.25, 0.3) is 5.91 Å². The lowest BCUT2D eigenvalue weighted by atomic mass is 10.1. The van der Waals surface area contributed by atoms with Crippen molar-refractivity contribution in [3.8, 4) is 22.9 Å². The largest absolute Gasteiger partial charge is 0.434 e. The maximum atomic E-state index is 11.8. The third kappa shape index (κ3) is 3.45. The molecule has 140 valence electrons. The molecular weight excluding hydrogens is 380 g/mol. The minimum atomic E-state index is -0.694. The number of hydrogen-bond donors (Lipinski definition) is 1. The fourth-order valence-corrected chi connectivity index (χ4v) is 3.31. The van der Waals surface area contributed by atoms with Gasteiger partial charge in [-0.3, -0.25) is 9.59 Å². The van der Waals surface area contributed by atoms with E-state index in [0.717, 1.165) is 0 Å². The van der Waals surface area contributed by atoms with Crippen LogP contribution in [-0.2, 0) is 6.54 Å². The summed E-state index contributed by atoms with van der Waals surface area (Å²) < 4.78 is 5.76. The van der Waals surface area contributed by atoms with Crippen LogP contribution in [0.5, 0.6) is 0 Å². The van der Waals surface area contributed by atoms with Gasteiger partial charge in [0.05, 0.1) is 11.1 Å². The number of carbonyl (C=O) groups is 2.